The Hall–Kier alpha value is -2.13. The van der Waals surface area contributed by atoms with E-state index >= 15 is 0 Å². The minimum absolute atomic E-state index is 0.165. The average molecular weight is 430 g/mol. The highest BCUT2D eigenvalue weighted by atomic mass is 28.3. The number of nitrogens with zero attached hydrogens (tertiary/aromatic N) is 2. The maximum atomic E-state index is 2.62. The van der Waals surface area contributed by atoms with Crippen LogP contribution in [0.3, 0.4) is 0 Å². The third-order valence-corrected chi connectivity index (χ3v) is 13.7. The second kappa shape index (κ2) is 6.22. The SMILES string of the molecule is Cc1ccc2c3c1c1cccc(C(C)C)c1[n+]1c3c(c(C)n1C(C)C)C(C)(C)[Si]2(C)C. The molecule has 0 atom stereocenters. The quantitative estimate of drug-likeness (QED) is 0.193. The van der Waals surface area contributed by atoms with Crippen LogP contribution in [0.25, 0.3) is 27.2 Å². The van der Waals surface area contributed by atoms with Crippen LogP contribution in [-0.2, 0) is 5.04 Å². The molecule has 0 fully saturated rings. The normalized spacial score (nSPS) is 17.2. The topological polar surface area (TPSA) is 9.03 Å². The fourth-order valence-electron chi connectivity index (χ4n) is 6.40. The summed E-state index contributed by atoms with van der Waals surface area (Å²) in [6, 6.07) is 12.2. The van der Waals surface area contributed by atoms with Crippen molar-refractivity contribution in [3.63, 3.8) is 0 Å². The number of aromatic nitrogens is 2. The highest BCUT2D eigenvalue weighted by Crippen LogP contribution is 2.46. The summed E-state index contributed by atoms with van der Waals surface area (Å²) in [5.74, 6) is 0.473. The van der Waals surface area contributed by atoms with E-state index in [1.54, 1.807) is 10.8 Å². The van der Waals surface area contributed by atoms with Crippen molar-refractivity contribution in [1.29, 1.82) is 0 Å². The van der Waals surface area contributed by atoms with Gasteiger partial charge in [-0.2, -0.15) is 0 Å². The van der Waals surface area contributed by atoms with E-state index in [0.29, 0.717) is 12.0 Å². The van der Waals surface area contributed by atoms with Crippen molar-refractivity contribution in [1.82, 2.24) is 4.68 Å². The molecule has 5 rings (SSSR count). The van der Waals surface area contributed by atoms with E-state index in [1.165, 1.54) is 44.0 Å². The molecule has 2 aromatic carbocycles. The zero-order valence-corrected chi connectivity index (χ0v) is 21.9. The molecule has 0 spiro atoms. The Balaban J connectivity index is 2.28. The molecule has 162 valence electrons. The van der Waals surface area contributed by atoms with Crippen molar-refractivity contribution in [2.45, 2.75) is 85.5 Å². The second-order valence-electron chi connectivity index (χ2n) is 11.4. The van der Waals surface area contributed by atoms with Gasteiger partial charge in [0.2, 0.25) is 11.0 Å². The van der Waals surface area contributed by atoms with Crippen molar-refractivity contribution < 1.29 is 4.52 Å². The van der Waals surface area contributed by atoms with Crippen molar-refractivity contribution in [3.8, 4) is 0 Å². The summed E-state index contributed by atoms with van der Waals surface area (Å²) >= 11 is 0. The summed E-state index contributed by atoms with van der Waals surface area (Å²) in [6.45, 7) is 24.2. The number of rotatable bonds is 2. The van der Waals surface area contributed by atoms with Gasteiger partial charge >= 0.3 is 0 Å². The van der Waals surface area contributed by atoms with Gasteiger partial charge in [-0.25, -0.2) is 0 Å². The number of hydrogen-bond acceptors (Lipinski definition) is 0. The molecule has 0 radical (unpaired) electrons. The van der Waals surface area contributed by atoms with Gasteiger partial charge in [-0.05, 0) is 55.5 Å². The van der Waals surface area contributed by atoms with Crippen molar-refractivity contribution in [3.05, 3.63) is 52.7 Å². The monoisotopic (exact) mass is 429 g/mol. The maximum absolute atomic E-state index is 2.62. The van der Waals surface area contributed by atoms with Crippen molar-refractivity contribution in [2.75, 3.05) is 0 Å². The molecule has 0 bridgehead atoms. The lowest BCUT2D eigenvalue weighted by molar-refractivity contribution is -0.586. The third-order valence-electron chi connectivity index (χ3n) is 8.54. The Morgan fingerprint density at radius 1 is 0.903 bits per heavy atom. The summed E-state index contributed by atoms with van der Waals surface area (Å²) in [5, 5.41) is 6.21. The molecule has 4 aromatic rings. The Kier molecular flexibility index (Phi) is 4.16. The molecule has 0 amide bonds. The smallest absolute Gasteiger partial charge is 0.149 e. The van der Waals surface area contributed by atoms with Crippen LogP contribution in [0.4, 0.5) is 0 Å². The summed E-state index contributed by atoms with van der Waals surface area (Å²) in [6.07, 6.45) is 0. The molecule has 3 heterocycles. The standard InChI is InChI=1S/C28H37N2Si/c1-16(2)20-12-11-13-21-23-18(5)14-15-22-24(23)27-25(28(7,8)31(22,9)10)19(6)29(17(3)4)30(27)26(20)21/h11-17H,1-10H3/q+1. The van der Waals surface area contributed by atoms with Crippen LogP contribution >= 0.6 is 0 Å². The molecule has 1 aliphatic rings. The Labute approximate surface area is 187 Å². The van der Waals surface area contributed by atoms with Gasteiger partial charge in [0.15, 0.2) is 0 Å². The molecule has 0 N–H and O–H groups in total. The van der Waals surface area contributed by atoms with E-state index in [1.807, 2.05) is 0 Å². The molecule has 0 aliphatic carbocycles. The summed E-state index contributed by atoms with van der Waals surface area (Å²) in [5.41, 5.74) is 8.75. The first-order valence-corrected chi connectivity index (χ1v) is 14.9. The first-order valence-electron chi connectivity index (χ1n) is 11.9. The maximum Gasteiger partial charge on any atom is 0.249 e. The van der Waals surface area contributed by atoms with E-state index < -0.39 is 8.07 Å². The first-order chi connectivity index (χ1) is 14.4. The minimum Gasteiger partial charge on any atom is -0.149 e. The van der Waals surface area contributed by atoms with Gasteiger partial charge in [0.1, 0.15) is 0 Å². The van der Waals surface area contributed by atoms with Gasteiger partial charge in [0, 0.05) is 10.9 Å². The lowest BCUT2D eigenvalue weighted by atomic mass is 9.91. The number of aryl methyl sites for hydroxylation is 1. The van der Waals surface area contributed by atoms with Gasteiger partial charge < -0.3 is 0 Å². The number of hydrogen-bond donors (Lipinski definition) is 0. The van der Waals surface area contributed by atoms with Crippen LogP contribution in [0.1, 0.15) is 75.9 Å². The van der Waals surface area contributed by atoms with E-state index in [2.05, 4.69) is 108 Å². The molecular weight excluding hydrogens is 392 g/mol. The van der Waals surface area contributed by atoms with E-state index in [0.717, 1.165) is 0 Å². The molecule has 2 nitrogen and oxygen atoms in total. The molecule has 0 saturated heterocycles. The van der Waals surface area contributed by atoms with E-state index in [-0.39, 0.29) is 5.04 Å². The average Bonchev–Trinajstić information content (AvgIpc) is 3.00. The zero-order chi connectivity index (χ0) is 22.6. The lowest BCUT2D eigenvalue weighted by Crippen LogP contribution is -2.59. The molecule has 3 heteroatoms. The Morgan fingerprint density at radius 3 is 2.19 bits per heavy atom. The van der Waals surface area contributed by atoms with Crippen LogP contribution < -0.4 is 9.70 Å². The minimum atomic E-state index is -1.77. The summed E-state index contributed by atoms with van der Waals surface area (Å²) in [7, 11) is -1.77. The largest absolute Gasteiger partial charge is 0.249 e. The zero-order valence-electron chi connectivity index (χ0n) is 20.9. The number of pyridine rings is 1. The molecule has 0 unspecified atom stereocenters. The van der Waals surface area contributed by atoms with E-state index in [4.69, 9.17) is 0 Å². The van der Waals surface area contributed by atoms with E-state index in [9.17, 15) is 0 Å². The predicted octanol–water partition coefficient (Wildman–Crippen LogP) is 6.60. The van der Waals surface area contributed by atoms with Crippen LogP contribution in [0, 0.1) is 13.8 Å². The second-order valence-corrected chi connectivity index (χ2v) is 16.4. The van der Waals surface area contributed by atoms with Gasteiger partial charge in [0.05, 0.1) is 36.1 Å². The summed E-state index contributed by atoms with van der Waals surface area (Å²) < 4.78 is 5.21. The number of benzene rings is 2. The Bertz CT molecular complexity index is 1400. The first kappa shape index (κ1) is 20.8. The van der Waals surface area contributed by atoms with Gasteiger partial charge in [-0.1, -0.05) is 69.6 Å². The predicted molar refractivity (Wildman–Crippen MR) is 137 cm³/mol. The molecule has 2 aromatic heterocycles. The fourth-order valence-corrected chi connectivity index (χ4v) is 9.37. The van der Waals surface area contributed by atoms with Gasteiger partial charge in [-0.3, -0.25) is 0 Å². The van der Waals surface area contributed by atoms with Crippen molar-refractivity contribution >= 4 is 40.5 Å². The van der Waals surface area contributed by atoms with Crippen LogP contribution in [0.2, 0.25) is 13.1 Å². The number of para-hydroxylation sites is 1. The Morgan fingerprint density at radius 2 is 1.58 bits per heavy atom. The fraction of sp³-hybridized carbons (Fsp3) is 0.464. The highest BCUT2D eigenvalue weighted by molar-refractivity contribution is 6.94. The summed E-state index contributed by atoms with van der Waals surface area (Å²) in [4.78, 5) is 0. The highest BCUT2D eigenvalue weighted by Gasteiger charge is 2.52. The molecule has 1 aliphatic heterocycles. The van der Waals surface area contributed by atoms with Crippen molar-refractivity contribution in [2.24, 2.45) is 0 Å². The van der Waals surface area contributed by atoms with Crippen LogP contribution in [0.15, 0.2) is 30.3 Å². The van der Waals surface area contributed by atoms with Gasteiger partial charge in [0.25, 0.3) is 0 Å². The molecule has 0 saturated carbocycles. The number of fused-ring (bicyclic) bond motifs is 3. The lowest BCUT2D eigenvalue weighted by Gasteiger charge is -2.43. The van der Waals surface area contributed by atoms with Gasteiger partial charge in [-0.15, -0.1) is 4.68 Å². The van der Waals surface area contributed by atoms with Crippen LogP contribution in [-0.4, -0.2) is 12.8 Å². The van der Waals surface area contributed by atoms with Crippen LogP contribution in [0.5, 0.6) is 0 Å². The molecular formula is C28H37N2Si+. The third kappa shape index (κ3) is 2.31. The molecule has 31 heavy (non-hydrogen) atoms.